The summed E-state index contributed by atoms with van der Waals surface area (Å²) in [5.41, 5.74) is 2.10. The number of nitrogens with zero attached hydrogens (tertiary/aromatic N) is 2. The first-order chi connectivity index (χ1) is 11.9. The Morgan fingerprint density at radius 1 is 1.20 bits per heavy atom. The molecule has 1 aromatic carbocycles. The minimum atomic E-state index is -0.198. The van der Waals surface area contributed by atoms with Gasteiger partial charge in [-0.15, -0.1) is 0 Å². The van der Waals surface area contributed by atoms with Crippen molar-refractivity contribution >= 4 is 17.5 Å². The van der Waals surface area contributed by atoms with Crippen molar-refractivity contribution < 1.29 is 9.59 Å². The minimum absolute atomic E-state index is 0.0455. The molecular formula is C18H27N5O2. The number of rotatable bonds is 9. The number of hydrogen-bond acceptors (Lipinski definition) is 5. The number of nitrogens with one attached hydrogen (secondary N) is 3. The average molecular weight is 345 g/mol. The molecule has 1 aromatic rings. The van der Waals surface area contributed by atoms with E-state index in [0.717, 1.165) is 5.56 Å². The van der Waals surface area contributed by atoms with Gasteiger partial charge in [-0.3, -0.25) is 9.59 Å². The summed E-state index contributed by atoms with van der Waals surface area (Å²) in [5, 5.41) is 17.7. The average Bonchev–Trinajstić information content (AvgIpc) is 2.58. The van der Waals surface area contributed by atoms with E-state index in [2.05, 4.69) is 22.0 Å². The topological polar surface area (TPSA) is 97.3 Å². The fourth-order valence-corrected chi connectivity index (χ4v) is 2.29. The molecule has 136 valence electrons. The van der Waals surface area contributed by atoms with Crippen LogP contribution in [0.4, 0.5) is 5.69 Å². The number of likely N-dealkylation sites (N-methyl/N-ethyl adjacent to an activating group) is 1. The highest BCUT2D eigenvalue weighted by atomic mass is 16.2. The van der Waals surface area contributed by atoms with Gasteiger partial charge in [-0.1, -0.05) is 19.9 Å². The molecule has 0 saturated heterocycles. The molecule has 1 rings (SSSR count). The van der Waals surface area contributed by atoms with Crippen molar-refractivity contribution in [2.24, 2.45) is 0 Å². The highest BCUT2D eigenvalue weighted by Crippen LogP contribution is 2.21. The Balaban J connectivity index is 2.82. The van der Waals surface area contributed by atoms with Gasteiger partial charge in [0, 0.05) is 31.9 Å². The first kappa shape index (κ1) is 20.5. The SMILES string of the molecule is CNC(=O)CN(CC(=O)NCCNC(C)C)c1cc(C#N)ccc1C. The molecule has 0 spiro atoms. The molecule has 0 radical (unpaired) electrons. The van der Waals surface area contributed by atoms with Crippen LogP contribution in [0.5, 0.6) is 0 Å². The maximum absolute atomic E-state index is 12.2. The van der Waals surface area contributed by atoms with E-state index < -0.39 is 0 Å². The van der Waals surface area contributed by atoms with Crippen LogP contribution in [0.1, 0.15) is 25.0 Å². The second kappa shape index (κ2) is 10.3. The van der Waals surface area contributed by atoms with Crippen molar-refractivity contribution in [2.45, 2.75) is 26.8 Å². The van der Waals surface area contributed by atoms with Gasteiger partial charge in [-0.25, -0.2) is 0 Å². The van der Waals surface area contributed by atoms with Gasteiger partial charge in [0.05, 0.1) is 24.7 Å². The van der Waals surface area contributed by atoms with Crippen LogP contribution in [-0.2, 0) is 9.59 Å². The van der Waals surface area contributed by atoms with Gasteiger partial charge in [-0.2, -0.15) is 5.26 Å². The number of benzene rings is 1. The lowest BCUT2D eigenvalue weighted by molar-refractivity contribution is -0.120. The van der Waals surface area contributed by atoms with Gasteiger partial charge in [-0.05, 0) is 24.6 Å². The maximum Gasteiger partial charge on any atom is 0.239 e. The number of amides is 2. The lowest BCUT2D eigenvalue weighted by Crippen LogP contribution is -2.44. The second-order valence-corrected chi connectivity index (χ2v) is 6.10. The molecule has 7 nitrogen and oxygen atoms in total. The summed E-state index contributed by atoms with van der Waals surface area (Å²) in [5.74, 6) is -0.368. The third kappa shape index (κ3) is 7.23. The third-order valence-electron chi connectivity index (χ3n) is 3.63. The Bertz CT molecular complexity index is 637. The molecule has 0 aromatic heterocycles. The highest BCUT2D eigenvalue weighted by molar-refractivity contribution is 5.86. The Morgan fingerprint density at radius 3 is 2.48 bits per heavy atom. The predicted octanol–water partition coefficient (Wildman–Crippen LogP) is 0.533. The highest BCUT2D eigenvalue weighted by Gasteiger charge is 2.17. The lowest BCUT2D eigenvalue weighted by Gasteiger charge is -2.25. The zero-order chi connectivity index (χ0) is 18.8. The summed E-state index contributed by atoms with van der Waals surface area (Å²) in [4.78, 5) is 25.7. The zero-order valence-electron chi connectivity index (χ0n) is 15.3. The van der Waals surface area contributed by atoms with Crippen LogP contribution >= 0.6 is 0 Å². The Labute approximate surface area is 149 Å². The molecule has 3 N–H and O–H groups in total. The van der Waals surface area contributed by atoms with Gasteiger partial charge < -0.3 is 20.9 Å². The maximum atomic E-state index is 12.2. The molecule has 0 saturated carbocycles. The summed E-state index contributed by atoms with van der Waals surface area (Å²) in [7, 11) is 1.55. The molecule has 0 unspecified atom stereocenters. The Morgan fingerprint density at radius 2 is 1.88 bits per heavy atom. The number of hydrogen-bond donors (Lipinski definition) is 3. The fraction of sp³-hybridized carbons (Fsp3) is 0.500. The van der Waals surface area contributed by atoms with Crippen molar-refractivity contribution in [3.63, 3.8) is 0 Å². The van der Waals surface area contributed by atoms with E-state index in [1.54, 1.807) is 24.1 Å². The molecular weight excluding hydrogens is 318 g/mol. The summed E-state index contributed by atoms with van der Waals surface area (Å²) in [6, 6.07) is 7.68. The van der Waals surface area contributed by atoms with Crippen molar-refractivity contribution in [3.8, 4) is 6.07 Å². The van der Waals surface area contributed by atoms with Crippen LogP contribution in [-0.4, -0.2) is 51.1 Å². The minimum Gasteiger partial charge on any atom is -0.358 e. The second-order valence-electron chi connectivity index (χ2n) is 6.10. The molecule has 0 heterocycles. The molecule has 0 fully saturated rings. The van der Waals surface area contributed by atoms with Crippen LogP contribution in [0, 0.1) is 18.3 Å². The normalized spacial score (nSPS) is 10.2. The van der Waals surface area contributed by atoms with Crippen molar-refractivity contribution in [3.05, 3.63) is 29.3 Å². The quantitative estimate of drug-likeness (QED) is 0.567. The number of carbonyl (C=O) groups excluding carboxylic acids is 2. The molecule has 7 heteroatoms. The lowest BCUT2D eigenvalue weighted by atomic mass is 10.1. The van der Waals surface area contributed by atoms with E-state index in [0.29, 0.717) is 30.4 Å². The largest absolute Gasteiger partial charge is 0.358 e. The van der Waals surface area contributed by atoms with Gasteiger partial charge >= 0.3 is 0 Å². The van der Waals surface area contributed by atoms with Crippen LogP contribution in [0.15, 0.2) is 18.2 Å². The van der Waals surface area contributed by atoms with Crippen molar-refractivity contribution in [1.82, 2.24) is 16.0 Å². The zero-order valence-corrected chi connectivity index (χ0v) is 15.3. The molecule has 0 aliphatic rings. The van der Waals surface area contributed by atoms with E-state index in [1.165, 1.54) is 0 Å². The van der Waals surface area contributed by atoms with Gasteiger partial charge in [0.1, 0.15) is 0 Å². The molecule has 0 aliphatic heterocycles. The molecule has 0 atom stereocenters. The first-order valence-electron chi connectivity index (χ1n) is 8.33. The molecule has 25 heavy (non-hydrogen) atoms. The van der Waals surface area contributed by atoms with Crippen LogP contribution < -0.4 is 20.9 Å². The summed E-state index contributed by atoms with van der Waals surface area (Å²) < 4.78 is 0. The van der Waals surface area contributed by atoms with Crippen molar-refractivity contribution in [2.75, 3.05) is 38.1 Å². The number of nitriles is 1. The van der Waals surface area contributed by atoms with Gasteiger partial charge in [0.15, 0.2) is 0 Å². The predicted molar refractivity (Wildman–Crippen MR) is 98.3 cm³/mol. The van der Waals surface area contributed by atoms with E-state index in [1.807, 2.05) is 26.8 Å². The molecule has 2 amide bonds. The van der Waals surface area contributed by atoms with E-state index in [4.69, 9.17) is 5.26 Å². The first-order valence-corrected chi connectivity index (χ1v) is 8.33. The van der Waals surface area contributed by atoms with E-state index in [9.17, 15) is 9.59 Å². The molecule has 0 aliphatic carbocycles. The summed E-state index contributed by atoms with van der Waals surface area (Å²) in [6.45, 7) is 7.26. The van der Waals surface area contributed by atoms with Crippen LogP contribution in [0.3, 0.4) is 0 Å². The summed E-state index contributed by atoms with van der Waals surface area (Å²) >= 11 is 0. The third-order valence-corrected chi connectivity index (χ3v) is 3.63. The standard InChI is InChI=1S/C18H27N5O2/c1-13(2)21-7-8-22-18(25)12-23(11-17(24)20-4)16-9-15(10-19)6-5-14(16)3/h5-6,9,13,21H,7-8,11-12H2,1-4H3,(H,20,24)(H,22,25). The smallest absolute Gasteiger partial charge is 0.239 e. The van der Waals surface area contributed by atoms with E-state index >= 15 is 0 Å². The molecule has 0 bridgehead atoms. The fourth-order valence-electron chi connectivity index (χ4n) is 2.29. The van der Waals surface area contributed by atoms with Crippen molar-refractivity contribution in [1.29, 1.82) is 5.26 Å². The Hall–Kier alpha value is -2.59. The van der Waals surface area contributed by atoms with Crippen LogP contribution in [0.2, 0.25) is 0 Å². The number of carbonyl (C=O) groups is 2. The van der Waals surface area contributed by atoms with E-state index in [-0.39, 0.29) is 24.9 Å². The summed E-state index contributed by atoms with van der Waals surface area (Å²) in [6.07, 6.45) is 0. The van der Waals surface area contributed by atoms with Gasteiger partial charge in [0.2, 0.25) is 11.8 Å². The van der Waals surface area contributed by atoms with Crippen LogP contribution in [0.25, 0.3) is 0 Å². The number of anilines is 1. The number of aryl methyl sites for hydroxylation is 1. The Kier molecular flexibility index (Phi) is 8.44. The van der Waals surface area contributed by atoms with Gasteiger partial charge in [0.25, 0.3) is 0 Å². The monoisotopic (exact) mass is 345 g/mol.